The molecule has 0 aliphatic carbocycles. The van der Waals surface area contributed by atoms with Crippen LogP contribution < -0.4 is 0 Å². The van der Waals surface area contributed by atoms with Gasteiger partial charge >= 0.3 is 0 Å². The molecule has 1 N–H and O–H groups in total. The number of rotatable bonds is 6. The van der Waals surface area contributed by atoms with Gasteiger partial charge in [-0.2, -0.15) is 10.2 Å². The van der Waals surface area contributed by atoms with E-state index in [1.807, 2.05) is 0 Å². The zero-order valence-electron chi connectivity index (χ0n) is 16.0. The van der Waals surface area contributed by atoms with Gasteiger partial charge in [-0.3, -0.25) is 4.68 Å². The van der Waals surface area contributed by atoms with Crippen LogP contribution in [-0.2, 0) is 12.1 Å². The molecule has 0 bridgehead atoms. The van der Waals surface area contributed by atoms with Crippen LogP contribution in [0, 0.1) is 17.5 Å². The average molecular weight is 413 g/mol. The first kappa shape index (κ1) is 19.8. The van der Waals surface area contributed by atoms with Crippen molar-refractivity contribution in [2.45, 2.75) is 25.1 Å². The third-order valence-electron chi connectivity index (χ3n) is 5.13. The van der Waals surface area contributed by atoms with Gasteiger partial charge < -0.3 is 5.11 Å². The van der Waals surface area contributed by atoms with Gasteiger partial charge in [0, 0.05) is 23.4 Å². The van der Waals surface area contributed by atoms with Crippen molar-refractivity contribution >= 4 is 0 Å². The molecule has 0 amide bonds. The molecule has 0 fully saturated rings. The van der Waals surface area contributed by atoms with Crippen LogP contribution in [0.25, 0.3) is 11.1 Å². The van der Waals surface area contributed by atoms with Gasteiger partial charge in [0.15, 0.2) is 0 Å². The fraction of sp³-hybridized carbons (Fsp3) is 0.190. The van der Waals surface area contributed by atoms with Crippen LogP contribution >= 0.6 is 0 Å². The highest BCUT2D eigenvalue weighted by atomic mass is 19.1. The van der Waals surface area contributed by atoms with Crippen LogP contribution in [0.15, 0.2) is 67.5 Å². The molecule has 6 nitrogen and oxygen atoms in total. The molecule has 4 aromatic rings. The Morgan fingerprint density at radius 2 is 1.73 bits per heavy atom. The predicted molar refractivity (Wildman–Crippen MR) is 103 cm³/mol. The first-order valence-electron chi connectivity index (χ1n) is 9.17. The van der Waals surface area contributed by atoms with Crippen molar-refractivity contribution in [2.24, 2.45) is 0 Å². The third kappa shape index (κ3) is 3.71. The third-order valence-corrected chi connectivity index (χ3v) is 5.13. The van der Waals surface area contributed by atoms with Gasteiger partial charge in [0.1, 0.15) is 35.7 Å². The lowest BCUT2D eigenvalue weighted by Crippen LogP contribution is -2.40. The highest BCUT2D eigenvalue weighted by Gasteiger charge is 2.40. The van der Waals surface area contributed by atoms with E-state index in [-0.39, 0.29) is 17.9 Å². The van der Waals surface area contributed by atoms with Crippen LogP contribution in [0.2, 0.25) is 0 Å². The molecular formula is C21H18F3N5O. The Hall–Kier alpha value is -3.46. The summed E-state index contributed by atoms with van der Waals surface area (Å²) in [5.41, 5.74) is -0.477. The van der Waals surface area contributed by atoms with Crippen molar-refractivity contribution in [1.29, 1.82) is 0 Å². The quantitative estimate of drug-likeness (QED) is 0.523. The summed E-state index contributed by atoms with van der Waals surface area (Å²) in [4.78, 5) is 3.85. The zero-order chi connectivity index (χ0) is 21.3. The number of hydrogen-bond donors (Lipinski definition) is 1. The number of hydrogen-bond acceptors (Lipinski definition) is 4. The lowest BCUT2D eigenvalue weighted by atomic mass is 9.86. The molecule has 4 rings (SSSR count). The Morgan fingerprint density at radius 3 is 2.40 bits per heavy atom. The molecular weight excluding hydrogens is 395 g/mol. The molecule has 30 heavy (non-hydrogen) atoms. The Morgan fingerprint density at radius 1 is 1.00 bits per heavy atom. The van der Waals surface area contributed by atoms with Gasteiger partial charge in [0.2, 0.25) is 0 Å². The summed E-state index contributed by atoms with van der Waals surface area (Å²) in [5, 5.41) is 19.9. The van der Waals surface area contributed by atoms with Crippen molar-refractivity contribution in [2.75, 3.05) is 0 Å². The van der Waals surface area contributed by atoms with E-state index in [1.165, 1.54) is 40.2 Å². The van der Waals surface area contributed by atoms with Gasteiger partial charge in [-0.1, -0.05) is 18.2 Å². The normalized spacial score (nSPS) is 14.4. The Bertz CT molecular complexity index is 1140. The number of aromatic nitrogens is 5. The molecule has 0 saturated carbocycles. The van der Waals surface area contributed by atoms with E-state index < -0.39 is 23.3 Å². The molecule has 2 atom stereocenters. The fourth-order valence-corrected chi connectivity index (χ4v) is 3.40. The van der Waals surface area contributed by atoms with Crippen molar-refractivity contribution in [1.82, 2.24) is 24.5 Å². The Kier molecular flexibility index (Phi) is 5.13. The molecule has 0 aliphatic rings. The first-order valence-corrected chi connectivity index (χ1v) is 9.17. The van der Waals surface area contributed by atoms with E-state index in [4.69, 9.17) is 0 Å². The highest BCUT2D eigenvalue weighted by molar-refractivity contribution is 5.61. The lowest BCUT2D eigenvalue weighted by molar-refractivity contribution is -0.0368. The molecule has 0 aliphatic heterocycles. The largest absolute Gasteiger partial charge is 0.381 e. The number of benzene rings is 2. The van der Waals surface area contributed by atoms with E-state index >= 15 is 0 Å². The maximum Gasteiger partial charge on any atom is 0.137 e. The van der Waals surface area contributed by atoms with E-state index in [2.05, 4.69) is 15.2 Å². The molecule has 0 unspecified atom stereocenters. The number of nitrogens with zero attached hydrogens (tertiary/aromatic N) is 5. The molecule has 2 aromatic carbocycles. The zero-order valence-corrected chi connectivity index (χ0v) is 16.0. The van der Waals surface area contributed by atoms with Crippen LogP contribution in [0.3, 0.4) is 0 Å². The summed E-state index contributed by atoms with van der Waals surface area (Å²) < 4.78 is 44.2. The van der Waals surface area contributed by atoms with Crippen LogP contribution in [-0.4, -0.2) is 29.7 Å². The monoisotopic (exact) mass is 413 g/mol. The SMILES string of the molecule is C[C@@H](n1cc(-c2ccc(F)cc2)cn1)[C@](O)(Cn1cncn1)c1ccc(F)cc1F. The Labute approximate surface area is 170 Å². The molecule has 9 heteroatoms. The van der Waals surface area contributed by atoms with Gasteiger partial charge in [-0.05, 0) is 30.7 Å². The summed E-state index contributed by atoms with van der Waals surface area (Å²) in [6.45, 7) is 1.53. The van der Waals surface area contributed by atoms with Crippen molar-refractivity contribution in [3.63, 3.8) is 0 Å². The molecule has 2 heterocycles. The number of halogens is 3. The smallest absolute Gasteiger partial charge is 0.137 e. The topological polar surface area (TPSA) is 68.8 Å². The van der Waals surface area contributed by atoms with Gasteiger partial charge in [-0.15, -0.1) is 0 Å². The average Bonchev–Trinajstić information content (AvgIpc) is 3.40. The van der Waals surface area contributed by atoms with Crippen molar-refractivity contribution < 1.29 is 18.3 Å². The number of aliphatic hydroxyl groups is 1. The van der Waals surface area contributed by atoms with Gasteiger partial charge in [0.25, 0.3) is 0 Å². The minimum absolute atomic E-state index is 0.0919. The minimum atomic E-state index is -1.82. The summed E-state index contributed by atoms with van der Waals surface area (Å²) in [6, 6.07) is 8.16. The second-order valence-electron chi connectivity index (χ2n) is 7.03. The summed E-state index contributed by atoms with van der Waals surface area (Å²) in [6.07, 6.45) is 5.94. The first-order chi connectivity index (χ1) is 14.4. The standard InChI is InChI=1S/C21H18F3N5O/c1-14(29-10-16(9-26-29)15-2-4-17(22)5-3-15)21(30,11-28-13-25-12-27-28)19-7-6-18(23)8-20(19)24/h2-10,12-14,30H,11H2,1H3/t14-,21-/m1/s1. The summed E-state index contributed by atoms with van der Waals surface area (Å²) in [5.74, 6) is -1.98. The van der Waals surface area contributed by atoms with E-state index in [9.17, 15) is 18.3 Å². The van der Waals surface area contributed by atoms with Crippen molar-refractivity contribution in [3.05, 3.63) is 90.5 Å². The second kappa shape index (κ2) is 7.75. The van der Waals surface area contributed by atoms with Gasteiger partial charge in [-0.25, -0.2) is 22.8 Å². The summed E-state index contributed by atoms with van der Waals surface area (Å²) in [7, 11) is 0. The minimum Gasteiger partial charge on any atom is -0.381 e. The molecule has 0 spiro atoms. The molecule has 0 radical (unpaired) electrons. The molecule has 2 aromatic heterocycles. The van der Waals surface area contributed by atoms with Crippen molar-refractivity contribution in [3.8, 4) is 11.1 Å². The molecule has 154 valence electrons. The van der Waals surface area contributed by atoms with E-state index in [1.54, 1.807) is 31.5 Å². The highest BCUT2D eigenvalue weighted by Crippen LogP contribution is 2.37. The van der Waals surface area contributed by atoms with Crippen LogP contribution in [0.5, 0.6) is 0 Å². The van der Waals surface area contributed by atoms with Crippen LogP contribution in [0.1, 0.15) is 18.5 Å². The molecule has 0 saturated heterocycles. The predicted octanol–water partition coefficient (Wildman–Crippen LogP) is 3.71. The van der Waals surface area contributed by atoms with E-state index in [0.29, 0.717) is 5.56 Å². The van der Waals surface area contributed by atoms with Gasteiger partial charge in [0.05, 0.1) is 18.8 Å². The lowest BCUT2D eigenvalue weighted by Gasteiger charge is -2.34. The maximum absolute atomic E-state index is 14.6. The fourth-order valence-electron chi connectivity index (χ4n) is 3.40. The Balaban J connectivity index is 1.74. The summed E-state index contributed by atoms with van der Waals surface area (Å²) >= 11 is 0. The second-order valence-corrected chi connectivity index (χ2v) is 7.03. The van der Waals surface area contributed by atoms with E-state index in [0.717, 1.165) is 17.7 Å². The maximum atomic E-state index is 14.6. The van der Waals surface area contributed by atoms with Crippen LogP contribution in [0.4, 0.5) is 13.2 Å².